The summed E-state index contributed by atoms with van der Waals surface area (Å²) in [4.78, 5) is 11.6. The fourth-order valence-corrected chi connectivity index (χ4v) is 4.19. The zero-order valence-electron chi connectivity index (χ0n) is 18.8. The maximum Gasteiger partial charge on any atom is 0.227 e. The summed E-state index contributed by atoms with van der Waals surface area (Å²) in [6.07, 6.45) is 2.84. The maximum atomic E-state index is 9.37. The van der Waals surface area contributed by atoms with Gasteiger partial charge in [0.25, 0.3) is 0 Å². The van der Waals surface area contributed by atoms with Gasteiger partial charge in [0.1, 0.15) is 5.75 Å². The van der Waals surface area contributed by atoms with E-state index < -0.39 is 0 Å². The van der Waals surface area contributed by atoms with Crippen LogP contribution in [0, 0.1) is 0 Å². The number of aliphatic hydroxyl groups excluding tert-OH is 1. The van der Waals surface area contributed by atoms with Gasteiger partial charge < -0.3 is 25.4 Å². The van der Waals surface area contributed by atoms with Gasteiger partial charge >= 0.3 is 0 Å². The molecule has 3 aromatic carbocycles. The minimum Gasteiger partial charge on any atom is -0.495 e. The second kappa shape index (κ2) is 9.05. The van der Waals surface area contributed by atoms with Crippen molar-refractivity contribution >= 4 is 33.9 Å². The van der Waals surface area contributed by atoms with Crippen molar-refractivity contribution in [2.45, 2.75) is 19.6 Å². The van der Waals surface area contributed by atoms with Crippen molar-refractivity contribution in [3.8, 4) is 5.75 Å². The van der Waals surface area contributed by atoms with Gasteiger partial charge in [-0.25, -0.2) is 9.97 Å². The molecule has 0 bridgehead atoms. The van der Waals surface area contributed by atoms with Crippen LogP contribution in [0.2, 0.25) is 0 Å². The maximum absolute atomic E-state index is 9.37. The van der Waals surface area contributed by atoms with Gasteiger partial charge in [-0.15, -0.1) is 0 Å². The standard InChI is InChI=1S/C26H27N5O2/c1-31-9-8-18-12-25(33-2)24(11-20(18)15-31)30-26-27-14-19-6-7-22(13-23(19)29-26)28-21-5-3-4-17(10-21)16-32/h3-7,10-14,28,32H,8-9,15-16H2,1-2H3,(H,27,29,30). The number of likely N-dealkylation sites (N-methyl/N-ethyl adjacent to an activating group) is 1. The molecule has 1 aliphatic rings. The van der Waals surface area contributed by atoms with Gasteiger partial charge in [-0.2, -0.15) is 0 Å². The molecule has 1 aromatic heterocycles. The highest BCUT2D eigenvalue weighted by molar-refractivity contribution is 5.84. The summed E-state index contributed by atoms with van der Waals surface area (Å²) in [7, 11) is 3.82. The minimum absolute atomic E-state index is 0.0118. The van der Waals surface area contributed by atoms with Crippen molar-refractivity contribution in [2.24, 2.45) is 0 Å². The molecule has 0 saturated heterocycles. The summed E-state index contributed by atoms with van der Waals surface area (Å²) in [5, 5.41) is 17.1. The van der Waals surface area contributed by atoms with Gasteiger partial charge in [0.2, 0.25) is 5.95 Å². The molecule has 2 heterocycles. The second-order valence-corrected chi connectivity index (χ2v) is 8.38. The molecule has 0 fully saturated rings. The number of hydrogen-bond acceptors (Lipinski definition) is 7. The monoisotopic (exact) mass is 441 g/mol. The van der Waals surface area contributed by atoms with E-state index in [9.17, 15) is 5.11 Å². The summed E-state index contributed by atoms with van der Waals surface area (Å²) in [5.74, 6) is 1.31. The molecule has 4 aromatic rings. The highest BCUT2D eigenvalue weighted by Gasteiger charge is 2.17. The third-order valence-corrected chi connectivity index (χ3v) is 5.95. The lowest BCUT2D eigenvalue weighted by molar-refractivity contribution is 0.282. The molecular weight excluding hydrogens is 414 g/mol. The second-order valence-electron chi connectivity index (χ2n) is 8.38. The van der Waals surface area contributed by atoms with E-state index in [1.807, 2.05) is 48.7 Å². The van der Waals surface area contributed by atoms with Gasteiger partial charge in [0.05, 0.1) is 24.9 Å². The molecule has 0 saturated carbocycles. The highest BCUT2D eigenvalue weighted by atomic mass is 16.5. The van der Waals surface area contributed by atoms with E-state index >= 15 is 0 Å². The molecule has 1 aliphatic heterocycles. The van der Waals surface area contributed by atoms with E-state index in [-0.39, 0.29) is 6.61 Å². The molecule has 7 heteroatoms. The fourth-order valence-electron chi connectivity index (χ4n) is 4.19. The molecule has 0 amide bonds. The largest absolute Gasteiger partial charge is 0.495 e. The number of hydrogen-bond donors (Lipinski definition) is 3. The average molecular weight is 442 g/mol. The number of rotatable bonds is 6. The van der Waals surface area contributed by atoms with E-state index in [1.165, 1.54) is 11.1 Å². The van der Waals surface area contributed by atoms with E-state index in [0.717, 1.165) is 58.8 Å². The number of nitrogens with one attached hydrogen (secondary N) is 2. The number of nitrogens with zero attached hydrogens (tertiary/aromatic N) is 3. The molecule has 0 radical (unpaired) electrons. The van der Waals surface area contributed by atoms with Crippen LogP contribution in [0.4, 0.5) is 23.0 Å². The molecular formula is C26H27N5O2. The Morgan fingerprint density at radius 1 is 1.03 bits per heavy atom. The zero-order valence-corrected chi connectivity index (χ0v) is 18.8. The first-order chi connectivity index (χ1) is 16.1. The Bertz CT molecular complexity index is 1310. The van der Waals surface area contributed by atoms with Gasteiger partial charge in [0.15, 0.2) is 0 Å². The average Bonchev–Trinajstić information content (AvgIpc) is 2.83. The number of anilines is 4. The molecule has 0 unspecified atom stereocenters. The summed E-state index contributed by atoms with van der Waals surface area (Å²) in [6.45, 7) is 1.98. The van der Waals surface area contributed by atoms with Crippen LogP contribution in [0.5, 0.6) is 5.75 Å². The predicted molar refractivity (Wildman–Crippen MR) is 132 cm³/mol. The van der Waals surface area contributed by atoms with Crippen LogP contribution in [0.1, 0.15) is 16.7 Å². The Hall–Kier alpha value is -3.68. The molecule has 5 rings (SSSR count). The van der Waals surface area contributed by atoms with Crippen LogP contribution in [-0.4, -0.2) is 40.7 Å². The first-order valence-electron chi connectivity index (χ1n) is 11.0. The van der Waals surface area contributed by atoms with Crippen molar-refractivity contribution in [3.05, 3.63) is 77.5 Å². The normalized spacial score (nSPS) is 13.5. The Kier molecular flexibility index (Phi) is 5.81. The number of fused-ring (bicyclic) bond motifs is 2. The van der Waals surface area contributed by atoms with Crippen molar-refractivity contribution in [2.75, 3.05) is 31.3 Å². The summed E-state index contributed by atoms with van der Waals surface area (Å²) < 4.78 is 5.64. The first-order valence-corrected chi connectivity index (χ1v) is 11.0. The van der Waals surface area contributed by atoms with Gasteiger partial charge in [-0.1, -0.05) is 12.1 Å². The number of ether oxygens (including phenoxy) is 1. The van der Waals surface area contributed by atoms with E-state index in [4.69, 9.17) is 9.72 Å². The fraction of sp³-hybridized carbons (Fsp3) is 0.231. The number of benzene rings is 3. The molecule has 0 spiro atoms. The Balaban J connectivity index is 1.43. The molecule has 168 valence electrons. The lowest BCUT2D eigenvalue weighted by atomic mass is 9.99. The summed E-state index contributed by atoms with van der Waals surface area (Å²) in [6, 6.07) is 17.9. The minimum atomic E-state index is 0.0118. The zero-order chi connectivity index (χ0) is 22.8. The Labute approximate surface area is 193 Å². The predicted octanol–water partition coefficient (Wildman–Crippen LogP) is 4.61. The van der Waals surface area contributed by atoms with Crippen molar-refractivity contribution < 1.29 is 9.84 Å². The number of methoxy groups -OCH3 is 1. The summed E-state index contributed by atoms with van der Waals surface area (Å²) >= 11 is 0. The van der Waals surface area contributed by atoms with E-state index in [0.29, 0.717) is 5.95 Å². The SMILES string of the molecule is COc1cc2c(cc1Nc1ncc3ccc(Nc4cccc(CO)c4)cc3n1)CN(C)CC2. The van der Waals surface area contributed by atoms with Crippen LogP contribution in [0.25, 0.3) is 10.9 Å². The number of aliphatic hydroxyl groups is 1. The van der Waals surface area contributed by atoms with Crippen molar-refractivity contribution in [3.63, 3.8) is 0 Å². The first kappa shape index (κ1) is 21.2. The van der Waals surface area contributed by atoms with Gasteiger partial charge in [0, 0.05) is 36.0 Å². The smallest absolute Gasteiger partial charge is 0.227 e. The van der Waals surface area contributed by atoms with Crippen LogP contribution >= 0.6 is 0 Å². The van der Waals surface area contributed by atoms with Crippen molar-refractivity contribution in [1.82, 2.24) is 14.9 Å². The Morgan fingerprint density at radius 3 is 2.76 bits per heavy atom. The highest BCUT2D eigenvalue weighted by Crippen LogP contribution is 2.33. The molecule has 33 heavy (non-hydrogen) atoms. The van der Waals surface area contributed by atoms with Crippen molar-refractivity contribution in [1.29, 1.82) is 0 Å². The van der Waals surface area contributed by atoms with Crippen LogP contribution in [-0.2, 0) is 19.6 Å². The quantitative estimate of drug-likeness (QED) is 0.403. The van der Waals surface area contributed by atoms with E-state index in [2.05, 4.69) is 39.7 Å². The van der Waals surface area contributed by atoms with E-state index in [1.54, 1.807) is 7.11 Å². The number of aromatic nitrogens is 2. The Morgan fingerprint density at radius 2 is 1.91 bits per heavy atom. The molecule has 7 nitrogen and oxygen atoms in total. The lowest BCUT2D eigenvalue weighted by Gasteiger charge is -2.26. The molecule has 0 aliphatic carbocycles. The third kappa shape index (κ3) is 4.60. The lowest BCUT2D eigenvalue weighted by Crippen LogP contribution is -2.26. The van der Waals surface area contributed by atoms with Gasteiger partial charge in [-0.3, -0.25) is 0 Å². The van der Waals surface area contributed by atoms with Crippen LogP contribution in [0.15, 0.2) is 60.8 Å². The third-order valence-electron chi connectivity index (χ3n) is 5.95. The topological polar surface area (TPSA) is 82.5 Å². The van der Waals surface area contributed by atoms with Crippen LogP contribution < -0.4 is 15.4 Å². The summed E-state index contributed by atoms with van der Waals surface area (Å²) in [5.41, 5.74) is 7.00. The molecule has 3 N–H and O–H groups in total. The van der Waals surface area contributed by atoms with Gasteiger partial charge in [-0.05, 0) is 72.6 Å². The van der Waals surface area contributed by atoms with Crippen LogP contribution in [0.3, 0.4) is 0 Å². The molecule has 0 atom stereocenters.